The molecular weight excluding hydrogens is 480 g/mol. The molecule has 1 aliphatic carbocycles. The van der Waals surface area contributed by atoms with Crippen LogP contribution in [-0.4, -0.2) is 51.2 Å². The molecule has 5 aromatic rings. The summed E-state index contributed by atoms with van der Waals surface area (Å²) in [7, 11) is 0. The van der Waals surface area contributed by atoms with E-state index < -0.39 is 0 Å². The van der Waals surface area contributed by atoms with Crippen molar-refractivity contribution in [2.75, 3.05) is 13.2 Å². The molecule has 8 rings (SSSR count). The fraction of sp³-hybridized carbons (Fsp3) is 0.294. The third kappa shape index (κ3) is 4.08. The molecule has 0 spiro atoms. The zero-order valence-corrected chi connectivity index (χ0v) is 22.0. The largest absolute Gasteiger partial charge is 0.378 e. The monoisotopic (exact) mass is 512 g/mol. The number of nitrogens with zero attached hydrogens (tertiary/aromatic N) is 3. The molecule has 2 bridgehead atoms. The van der Waals surface area contributed by atoms with Crippen LogP contribution in [0, 0.1) is 0 Å². The number of hydrogen-bond acceptors (Lipinski definition) is 4. The normalized spacial score (nSPS) is 22.7. The lowest BCUT2D eigenvalue weighted by Gasteiger charge is -2.56. The maximum atomic E-state index is 5.74. The maximum absolute atomic E-state index is 5.74. The summed E-state index contributed by atoms with van der Waals surface area (Å²) in [6.45, 7) is 1.85. The molecule has 2 unspecified atom stereocenters. The van der Waals surface area contributed by atoms with Crippen LogP contribution >= 0.6 is 0 Å². The number of hydrogen-bond donors (Lipinski definition) is 1. The summed E-state index contributed by atoms with van der Waals surface area (Å²) < 4.78 is 5.74. The minimum atomic E-state index is 0.658. The summed E-state index contributed by atoms with van der Waals surface area (Å²) in [5.41, 5.74) is 11.1. The molecule has 0 radical (unpaired) electrons. The second-order valence-corrected chi connectivity index (χ2v) is 11.4. The van der Waals surface area contributed by atoms with Crippen LogP contribution in [0.4, 0.5) is 0 Å². The number of benzene rings is 2. The summed E-state index contributed by atoms with van der Waals surface area (Å²) in [5.74, 6) is 0. The van der Waals surface area contributed by atoms with Gasteiger partial charge in [-0.25, -0.2) is 4.98 Å². The number of morpholine rings is 1. The van der Waals surface area contributed by atoms with Crippen molar-refractivity contribution in [3.05, 3.63) is 96.6 Å². The predicted molar refractivity (Wildman–Crippen MR) is 155 cm³/mol. The van der Waals surface area contributed by atoms with Gasteiger partial charge in [0, 0.05) is 59.4 Å². The van der Waals surface area contributed by atoms with E-state index in [9.17, 15) is 0 Å². The van der Waals surface area contributed by atoms with Gasteiger partial charge in [-0.1, -0.05) is 42.5 Å². The van der Waals surface area contributed by atoms with Crippen LogP contribution in [0.25, 0.3) is 44.4 Å². The van der Waals surface area contributed by atoms with Crippen molar-refractivity contribution in [2.45, 2.75) is 50.2 Å². The Balaban J connectivity index is 1.06. The lowest BCUT2D eigenvalue weighted by atomic mass is 9.87. The van der Waals surface area contributed by atoms with Gasteiger partial charge in [-0.15, -0.1) is 0 Å². The number of H-pyrrole nitrogens is 1. The molecule has 3 aliphatic rings. The van der Waals surface area contributed by atoms with E-state index in [1.165, 1.54) is 70.2 Å². The van der Waals surface area contributed by atoms with Crippen molar-refractivity contribution in [3.63, 3.8) is 0 Å². The Labute approximate surface area is 228 Å². The molecular formula is C34H32N4O. The van der Waals surface area contributed by atoms with Gasteiger partial charge < -0.3 is 9.72 Å². The predicted octanol–water partition coefficient (Wildman–Crippen LogP) is 6.68. The van der Waals surface area contributed by atoms with Gasteiger partial charge in [-0.3, -0.25) is 9.88 Å². The Morgan fingerprint density at radius 2 is 1.44 bits per heavy atom. The van der Waals surface area contributed by atoms with E-state index in [2.05, 4.69) is 69.6 Å². The quantitative estimate of drug-likeness (QED) is 0.273. The Hall–Kier alpha value is -3.80. The topological polar surface area (TPSA) is 54.0 Å². The van der Waals surface area contributed by atoms with Crippen LogP contribution in [0.1, 0.15) is 30.4 Å². The second-order valence-electron chi connectivity index (χ2n) is 11.4. The van der Waals surface area contributed by atoms with E-state index in [1.54, 1.807) is 0 Å². The Bertz CT molecular complexity index is 1630. The van der Waals surface area contributed by atoms with Crippen molar-refractivity contribution >= 4 is 11.0 Å². The summed E-state index contributed by atoms with van der Waals surface area (Å²) >= 11 is 0. The highest BCUT2D eigenvalue weighted by atomic mass is 16.5. The van der Waals surface area contributed by atoms with Gasteiger partial charge in [0.25, 0.3) is 0 Å². The van der Waals surface area contributed by atoms with Crippen LogP contribution in [0.3, 0.4) is 0 Å². The number of aromatic amines is 1. The van der Waals surface area contributed by atoms with Gasteiger partial charge in [-0.2, -0.15) is 0 Å². The van der Waals surface area contributed by atoms with E-state index in [-0.39, 0.29) is 0 Å². The summed E-state index contributed by atoms with van der Waals surface area (Å²) in [6, 6.07) is 24.2. The highest BCUT2D eigenvalue weighted by Gasteiger charge is 2.45. The zero-order valence-electron chi connectivity index (χ0n) is 22.0. The van der Waals surface area contributed by atoms with Crippen molar-refractivity contribution in [1.82, 2.24) is 19.9 Å². The molecule has 0 saturated carbocycles. The summed E-state index contributed by atoms with van der Waals surface area (Å²) in [6.07, 6.45) is 13.9. The first kappa shape index (κ1) is 23.1. The van der Waals surface area contributed by atoms with Crippen molar-refractivity contribution in [2.24, 2.45) is 0 Å². The first-order valence-electron chi connectivity index (χ1n) is 14.3. The first-order valence-corrected chi connectivity index (χ1v) is 14.3. The third-order valence-electron chi connectivity index (χ3n) is 9.20. The first-order chi connectivity index (χ1) is 19.3. The van der Waals surface area contributed by atoms with Gasteiger partial charge in [-0.05, 0) is 83.7 Å². The number of aromatic nitrogens is 3. The van der Waals surface area contributed by atoms with Gasteiger partial charge >= 0.3 is 0 Å². The van der Waals surface area contributed by atoms with Crippen molar-refractivity contribution in [3.8, 4) is 33.4 Å². The summed E-state index contributed by atoms with van der Waals surface area (Å²) in [5, 5.41) is 1.16. The highest BCUT2D eigenvalue weighted by Crippen LogP contribution is 2.38. The molecule has 1 N–H and O–H groups in total. The molecule has 2 aromatic carbocycles. The SMILES string of the molecule is c1cc(-c2ccc(-c3c[nH]c4ncc(-c5ccc6c(c5)CC[C@@H](N5C7COCC5C7)CC6)cc34)cc2)ccn1. The number of ether oxygens (including phenoxy) is 1. The van der Waals surface area contributed by atoms with Gasteiger partial charge in [0.1, 0.15) is 5.65 Å². The molecule has 5 heteroatoms. The number of aryl methyl sites for hydroxylation is 2. The molecule has 39 heavy (non-hydrogen) atoms. The van der Waals surface area contributed by atoms with Crippen molar-refractivity contribution in [1.29, 1.82) is 0 Å². The Morgan fingerprint density at radius 1 is 0.718 bits per heavy atom. The minimum absolute atomic E-state index is 0.658. The van der Waals surface area contributed by atoms with Crippen molar-refractivity contribution < 1.29 is 4.74 Å². The Kier molecular flexibility index (Phi) is 5.59. The molecule has 3 atom stereocenters. The zero-order chi connectivity index (χ0) is 25.8. The fourth-order valence-corrected chi connectivity index (χ4v) is 7.12. The highest BCUT2D eigenvalue weighted by molar-refractivity contribution is 5.96. The lowest BCUT2D eigenvalue weighted by molar-refractivity contribution is -0.148. The van der Waals surface area contributed by atoms with Gasteiger partial charge in [0.15, 0.2) is 0 Å². The third-order valence-corrected chi connectivity index (χ3v) is 9.20. The molecule has 5 heterocycles. The number of rotatable bonds is 4. The van der Waals surface area contributed by atoms with E-state index >= 15 is 0 Å². The molecule has 2 fully saturated rings. The molecule has 2 aliphatic heterocycles. The van der Waals surface area contributed by atoms with Crippen LogP contribution in [0.2, 0.25) is 0 Å². The number of nitrogens with one attached hydrogen (secondary N) is 1. The maximum Gasteiger partial charge on any atom is 0.137 e. The average Bonchev–Trinajstić information content (AvgIpc) is 3.32. The molecule has 2 saturated heterocycles. The van der Waals surface area contributed by atoms with Gasteiger partial charge in [0.05, 0.1) is 13.2 Å². The summed E-state index contributed by atoms with van der Waals surface area (Å²) in [4.78, 5) is 15.1. The van der Waals surface area contributed by atoms with E-state index in [0.717, 1.165) is 30.7 Å². The minimum Gasteiger partial charge on any atom is -0.378 e. The van der Waals surface area contributed by atoms with Crippen LogP contribution in [0.5, 0.6) is 0 Å². The number of pyridine rings is 2. The van der Waals surface area contributed by atoms with E-state index in [1.807, 2.05) is 30.7 Å². The lowest BCUT2D eigenvalue weighted by Crippen LogP contribution is -2.66. The Morgan fingerprint density at radius 3 is 2.23 bits per heavy atom. The molecule has 0 amide bonds. The smallest absolute Gasteiger partial charge is 0.137 e. The standard InChI is InChI=1S/C34H32N4O/c1-4-25(5-2-22(1)24-11-13-35-14-12-24)33-19-37-34-32(33)16-28(18-36-34)27-6-3-23-7-9-29(10-8-26(23)15-27)38-30-17-31(38)21-39-20-30/h1-6,11-16,18-19,29-31H,7-10,17,20-21H2,(H,36,37)/t29-,30?,31?/m0/s1. The second kappa shape index (κ2) is 9.44. The van der Waals surface area contributed by atoms with Crippen LogP contribution in [0.15, 0.2) is 85.5 Å². The van der Waals surface area contributed by atoms with Crippen LogP contribution in [-0.2, 0) is 17.6 Å². The molecule has 194 valence electrons. The van der Waals surface area contributed by atoms with Crippen LogP contribution < -0.4 is 0 Å². The molecule has 5 nitrogen and oxygen atoms in total. The van der Waals surface area contributed by atoms with Gasteiger partial charge in [0.2, 0.25) is 0 Å². The molecule has 3 aromatic heterocycles. The van der Waals surface area contributed by atoms with E-state index in [4.69, 9.17) is 9.72 Å². The average molecular weight is 513 g/mol. The van der Waals surface area contributed by atoms with E-state index in [0.29, 0.717) is 18.1 Å². The number of fused-ring (bicyclic) bond motifs is 4. The fourth-order valence-electron chi connectivity index (χ4n) is 7.12.